The van der Waals surface area contributed by atoms with Crippen molar-refractivity contribution in [3.63, 3.8) is 0 Å². The van der Waals surface area contributed by atoms with Gasteiger partial charge in [-0.15, -0.1) is 11.8 Å². The smallest absolute Gasteiger partial charge is 0.381 e. The summed E-state index contributed by atoms with van der Waals surface area (Å²) in [5.74, 6) is 0. The number of rotatable bonds is 2. The molecule has 7 heteroatoms. The average Bonchev–Trinajstić information content (AvgIpc) is 2.32. The fourth-order valence-electron chi connectivity index (χ4n) is 1.62. The van der Waals surface area contributed by atoms with E-state index in [1.807, 2.05) is 0 Å². The molecule has 18 heavy (non-hydrogen) atoms. The molecule has 0 aliphatic carbocycles. The van der Waals surface area contributed by atoms with Gasteiger partial charge in [-0.05, 0) is 40.9 Å². The fraction of sp³-hybridized carbons (Fsp3) is 0.545. The highest BCUT2D eigenvalue weighted by Crippen LogP contribution is 2.36. The van der Waals surface area contributed by atoms with Crippen molar-refractivity contribution >= 4 is 27.7 Å². The normalized spacial score (nSPS) is 18.0. The van der Waals surface area contributed by atoms with Gasteiger partial charge in [0.25, 0.3) is 0 Å². The highest BCUT2D eigenvalue weighted by atomic mass is 79.9. The molecule has 0 amide bonds. The predicted octanol–water partition coefficient (Wildman–Crippen LogP) is 4.13. The summed E-state index contributed by atoms with van der Waals surface area (Å²) in [6, 6.07) is 2.38. The van der Waals surface area contributed by atoms with E-state index in [9.17, 15) is 13.2 Å². The van der Waals surface area contributed by atoms with Crippen LogP contribution in [-0.2, 0) is 10.9 Å². The molecule has 0 unspecified atom stereocenters. The molecule has 0 atom stereocenters. The lowest BCUT2D eigenvalue weighted by atomic mass is 10.2. The van der Waals surface area contributed by atoms with E-state index in [0.29, 0.717) is 22.7 Å². The monoisotopic (exact) mass is 341 g/mol. The first-order chi connectivity index (χ1) is 8.47. The number of ether oxygens (including phenoxy) is 1. The molecule has 0 saturated carbocycles. The molecule has 1 aromatic rings. The molecule has 0 spiro atoms. The lowest BCUT2D eigenvalue weighted by molar-refractivity contribution is -0.141. The molecule has 1 aliphatic rings. The van der Waals surface area contributed by atoms with Gasteiger partial charge in [-0.25, -0.2) is 4.98 Å². The molecule has 0 aromatic carbocycles. The van der Waals surface area contributed by atoms with Crippen LogP contribution in [0.4, 0.5) is 13.2 Å². The van der Waals surface area contributed by atoms with Crippen molar-refractivity contribution in [3.8, 4) is 0 Å². The molecule has 1 fully saturated rings. The zero-order chi connectivity index (χ0) is 13.2. The Morgan fingerprint density at radius 1 is 1.28 bits per heavy atom. The first-order valence-electron chi connectivity index (χ1n) is 5.45. The van der Waals surface area contributed by atoms with Crippen molar-refractivity contribution in [2.24, 2.45) is 0 Å². The second-order valence-corrected chi connectivity index (χ2v) is 6.05. The van der Waals surface area contributed by atoms with Crippen LogP contribution in [0, 0.1) is 0 Å². The summed E-state index contributed by atoms with van der Waals surface area (Å²) in [6.07, 6.45) is -2.71. The van der Waals surface area contributed by atoms with Crippen LogP contribution in [0.3, 0.4) is 0 Å². The number of halogens is 4. The number of nitrogens with zero attached hydrogens (tertiary/aromatic N) is 1. The average molecular weight is 342 g/mol. The van der Waals surface area contributed by atoms with E-state index < -0.39 is 11.9 Å². The van der Waals surface area contributed by atoms with Gasteiger partial charge in [0.2, 0.25) is 0 Å². The third kappa shape index (κ3) is 3.61. The van der Waals surface area contributed by atoms with Crippen LogP contribution in [0.15, 0.2) is 21.6 Å². The molecular weight excluding hydrogens is 331 g/mol. The molecule has 2 nitrogen and oxygen atoms in total. The van der Waals surface area contributed by atoms with Crippen molar-refractivity contribution < 1.29 is 17.9 Å². The first kappa shape index (κ1) is 14.1. The van der Waals surface area contributed by atoms with E-state index in [4.69, 9.17) is 4.74 Å². The summed E-state index contributed by atoms with van der Waals surface area (Å²) in [7, 11) is 0. The summed E-state index contributed by atoms with van der Waals surface area (Å²) < 4.78 is 43.5. The summed E-state index contributed by atoms with van der Waals surface area (Å²) in [6.45, 7) is 1.32. The Morgan fingerprint density at radius 2 is 1.94 bits per heavy atom. The Labute approximate surface area is 115 Å². The van der Waals surface area contributed by atoms with Gasteiger partial charge in [-0.3, -0.25) is 0 Å². The first-order valence-corrected chi connectivity index (χ1v) is 7.12. The molecule has 0 bridgehead atoms. The standard InChI is InChI=1S/C11H11BrF3NOS/c12-8-1-2-9(11(13,14)15)16-10(8)18-7-3-5-17-6-4-7/h1-2,7H,3-6H2. The van der Waals surface area contributed by atoms with Crippen LogP contribution in [0.5, 0.6) is 0 Å². The summed E-state index contributed by atoms with van der Waals surface area (Å²) in [5.41, 5.74) is -0.847. The van der Waals surface area contributed by atoms with Crippen molar-refractivity contribution in [1.82, 2.24) is 4.98 Å². The maximum absolute atomic E-state index is 12.6. The summed E-state index contributed by atoms with van der Waals surface area (Å²) in [4.78, 5) is 3.69. The van der Waals surface area contributed by atoms with Crippen molar-refractivity contribution in [1.29, 1.82) is 0 Å². The van der Waals surface area contributed by atoms with Gasteiger partial charge < -0.3 is 4.74 Å². The Morgan fingerprint density at radius 3 is 2.56 bits per heavy atom. The van der Waals surface area contributed by atoms with Crippen LogP contribution < -0.4 is 0 Å². The number of thioether (sulfide) groups is 1. The number of pyridine rings is 1. The molecular formula is C11H11BrF3NOS. The van der Waals surface area contributed by atoms with Crippen molar-refractivity contribution in [3.05, 3.63) is 22.3 Å². The van der Waals surface area contributed by atoms with Gasteiger partial charge >= 0.3 is 6.18 Å². The molecule has 1 saturated heterocycles. The third-order valence-corrected chi connectivity index (χ3v) is 4.79. The molecule has 2 heterocycles. The third-order valence-electron chi connectivity index (χ3n) is 2.55. The van der Waals surface area contributed by atoms with Crippen molar-refractivity contribution in [2.45, 2.75) is 29.3 Å². The van der Waals surface area contributed by atoms with Gasteiger partial charge in [-0.2, -0.15) is 13.2 Å². The van der Waals surface area contributed by atoms with Crippen LogP contribution in [0.2, 0.25) is 0 Å². The van der Waals surface area contributed by atoms with E-state index in [1.165, 1.54) is 17.8 Å². The maximum atomic E-state index is 12.6. The second kappa shape index (κ2) is 5.79. The van der Waals surface area contributed by atoms with Gasteiger partial charge in [-0.1, -0.05) is 0 Å². The minimum Gasteiger partial charge on any atom is -0.381 e. The Bertz CT molecular complexity index is 421. The zero-order valence-electron chi connectivity index (χ0n) is 9.34. The molecule has 1 aliphatic heterocycles. The van der Waals surface area contributed by atoms with Gasteiger partial charge in [0.15, 0.2) is 0 Å². The van der Waals surface area contributed by atoms with E-state index in [1.54, 1.807) is 0 Å². The highest BCUT2D eigenvalue weighted by molar-refractivity contribution is 9.10. The highest BCUT2D eigenvalue weighted by Gasteiger charge is 2.33. The van der Waals surface area contributed by atoms with E-state index in [0.717, 1.165) is 18.9 Å². The Hall–Kier alpha value is -0.270. The van der Waals surface area contributed by atoms with Gasteiger partial charge in [0.05, 0.1) is 0 Å². The fourth-order valence-corrected chi connectivity index (χ4v) is 3.19. The van der Waals surface area contributed by atoms with Crippen LogP contribution in [-0.4, -0.2) is 23.4 Å². The van der Waals surface area contributed by atoms with Crippen molar-refractivity contribution in [2.75, 3.05) is 13.2 Å². The molecule has 0 radical (unpaired) electrons. The number of aromatic nitrogens is 1. The van der Waals surface area contributed by atoms with E-state index in [-0.39, 0.29) is 5.25 Å². The van der Waals surface area contributed by atoms with Crippen LogP contribution in [0.25, 0.3) is 0 Å². The second-order valence-electron chi connectivity index (χ2n) is 3.91. The largest absolute Gasteiger partial charge is 0.433 e. The predicted molar refractivity (Wildman–Crippen MR) is 66.6 cm³/mol. The molecule has 1 aromatic heterocycles. The maximum Gasteiger partial charge on any atom is 0.433 e. The van der Waals surface area contributed by atoms with Crippen LogP contribution in [0.1, 0.15) is 18.5 Å². The molecule has 100 valence electrons. The number of hydrogen-bond donors (Lipinski definition) is 0. The zero-order valence-corrected chi connectivity index (χ0v) is 11.7. The summed E-state index contributed by atoms with van der Waals surface area (Å²) >= 11 is 4.63. The lowest BCUT2D eigenvalue weighted by Crippen LogP contribution is -2.18. The van der Waals surface area contributed by atoms with E-state index in [2.05, 4.69) is 20.9 Å². The molecule has 2 rings (SSSR count). The molecule has 0 N–H and O–H groups in total. The number of hydrogen-bond acceptors (Lipinski definition) is 3. The van der Waals surface area contributed by atoms with E-state index >= 15 is 0 Å². The Kier molecular flexibility index (Phi) is 4.55. The van der Waals surface area contributed by atoms with Gasteiger partial charge in [0.1, 0.15) is 10.7 Å². The Balaban J connectivity index is 2.15. The topological polar surface area (TPSA) is 22.1 Å². The SMILES string of the molecule is FC(F)(F)c1ccc(Br)c(SC2CCOCC2)n1. The minimum absolute atomic E-state index is 0.269. The van der Waals surface area contributed by atoms with Gasteiger partial charge in [0, 0.05) is 22.9 Å². The minimum atomic E-state index is -4.40. The lowest BCUT2D eigenvalue weighted by Gasteiger charge is -2.21. The quantitative estimate of drug-likeness (QED) is 0.807. The van der Waals surface area contributed by atoms with Crippen LogP contribution >= 0.6 is 27.7 Å². The number of alkyl halides is 3. The summed E-state index contributed by atoms with van der Waals surface area (Å²) in [5, 5.41) is 0.669.